The lowest BCUT2D eigenvalue weighted by molar-refractivity contribution is 0.691. The summed E-state index contributed by atoms with van der Waals surface area (Å²) in [6, 6.07) is 16.8. The van der Waals surface area contributed by atoms with Crippen LogP contribution in [0.5, 0.6) is 0 Å². The molecule has 2 heteroatoms. The van der Waals surface area contributed by atoms with Crippen molar-refractivity contribution in [1.29, 1.82) is 0 Å². The summed E-state index contributed by atoms with van der Waals surface area (Å²) in [4.78, 5) is 0. The average molecular weight is 290 g/mol. The summed E-state index contributed by atoms with van der Waals surface area (Å²) < 4.78 is 1.21. The highest BCUT2D eigenvalue weighted by molar-refractivity contribution is 9.10. The first-order chi connectivity index (χ1) is 8.27. The van der Waals surface area contributed by atoms with Crippen molar-refractivity contribution in [2.24, 2.45) is 0 Å². The Morgan fingerprint density at radius 3 is 2.47 bits per heavy atom. The largest absolute Gasteiger partial charge is 0.309 e. The fourth-order valence-electron chi connectivity index (χ4n) is 1.78. The Balaban J connectivity index is 1.93. The zero-order valence-electron chi connectivity index (χ0n) is 9.91. The molecule has 0 saturated carbocycles. The maximum Gasteiger partial charge on any atom is 0.0249 e. The molecule has 0 radical (unpaired) electrons. The summed E-state index contributed by atoms with van der Waals surface area (Å²) in [5.41, 5.74) is 3.90. The molecule has 0 spiro atoms. The third-order valence-corrected chi connectivity index (χ3v) is 3.89. The van der Waals surface area contributed by atoms with Gasteiger partial charge in [0, 0.05) is 17.6 Å². The van der Waals surface area contributed by atoms with Crippen LogP contribution in [0.2, 0.25) is 0 Å². The van der Waals surface area contributed by atoms with Gasteiger partial charge in [-0.3, -0.25) is 0 Å². The van der Waals surface area contributed by atoms with Crippen LogP contribution >= 0.6 is 15.9 Å². The van der Waals surface area contributed by atoms with E-state index in [0.717, 1.165) is 13.1 Å². The molecule has 1 N–H and O–H groups in total. The quantitative estimate of drug-likeness (QED) is 0.896. The van der Waals surface area contributed by atoms with Crippen LogP contribution in [0.15, 0.2) is 53.0 Å². The van der Waals surface area contributed by atoms with Crippen molar-refractivity contribution in [1.82, 2.24) is 5.32 Å². The lowest BCUT2D eigenvalue weighted by atomic mass is 10.1. The molecule has 0 fully saturated rings. The molecule has 1 nitrogen and oxygen atoms in total. The molecule has 2 aromatic carbocycles. The predicted octanol–water partition coefficient (Wildman–Crippen LogP) is 4.05. The minimum absolute atomic E-state index is 0.886. The summed E-state index contributed by atoms with van der Waals surface area (Å²) in [7, 11) is 0. The first-order valence-corrected chi connectivity index (χ1v) is 6.55. The summed E-state index contributed by atoms with van der Waals surface area (Å²) in [5, 5.41) is 3.46. The second kappa shape index (κ2) is 5.99. The lowest BCUT2D eigenvalue weighted by Gasteiger charge is -2.08. The van der Waals surface area contributed by atoms with Gasteiger partial charge in [-0.25, -0.2) is 0 Å². The van der Waals surface area contributed by atoms with Crippen molar-refractivity contribution < 1.29 is 0 Å². The van der Waals surface area contributed by atoms with E-state index < -0.39 is 0 Å². The van der Waals surface area contributed by atoms with Gasteiger partial charge in [-0.15, -0.1) is 0 Å². The van der Waals surface area contributed by atoms with Crippen molar-refractivity contribution >= 4 is 15.9 Å². The van der Waals surface area contributed by atoms with E-state index in [1.54, 1.807) is 0 Å². The summed E-state index contributed by atoms with van der Waals surface area (Å²) >= 11 is 3.63. The van der Waals surface area contributed by atoms with E-state index in [-0.39, 0.29) is 0 Å². The number of halogens is 1. The zero-order chi connectivity index (χ0) is 12.1. The Hall–Kier alpha value is -1.12. The zero-order valence-corrected chi connectivity index (χ0v) is 11.5. The average Bonchev–Trinajstić information content (AvgIpc) is 2.36. The highest BCUT2D eigenvalue weighted by Crippen LogP contribution is 2.20. The third kappa shape index (κ3) is 3.42. The summed E-state index contributed by atoms with van der Waals surface area (Å²) in [6.45, 7) is 3.91. The van der Waals surface area contributed by atoms with E-state index in [4.69, 9.17) is 0 Å². The fraction of sp³-hybridized carbons (Fsp3) is 0.200. The van der Waals surface area contributed by atoms with Crippen molar-refractivity contribution in [3.63, 3.8) is 0 Å². The molecule has 0 bridgehead atoms. The van der Waals surface area contributed by atoms with Gasteiger partial charge in [0.05, 0.1) is 0 Å². The number of hydrogen-bond donors (Lipinski definition) is 1. The van der Waals surface area contributed by atoms with Crippen molar-refractivity contribution in [2.75, 3.05) is 0 Å². The second-order valence-electron chi connectivity index (χ2n) is 4.14. The van der Waals surface area contributed by atoms with E-state index >= 15 is 0 Å². The van der Waals surface area contributed by atoms with Gasteiger partial charge in [-0.2, -0.15) is 0 Å². The van der Waals surface area contributed by atoms with Crippen LogP contribution in [-0.4, -0.2) is 0 Å². The summed E-state index contributed by atoms with van der Waals surface area (Å²) in [5.74, 6) is 0. The van der Waals surface area contributed by atoms with Crippen LogP contribution in [0, 0.1) is 6.92 Å². The van der Waals surface area contributed by atoms with Gasteiger partial charge in [0.25, 0.3) is 0 Å². The molecule has 0 atom stereocenters. The second-order valence-corrected chi connectivity index (χ2v) is 4.93. The van der Waals surface area contributed by atoms with Gasteiger partial charge in [0.2, 0.25) is 0 Å². The Labute approximate surface area is 111 Å². The standard InChI is InChI=1S/C15H16BrN/c1-12-6-5-9-14(15(12)16)11-17-10-13-7-3-2-4-8-13/h2-9,17H,10-11H2,1H3. The van der Waals surface area contributed by atoms with Gasteiger partial charge in [0.1, 0.15) is 0 Å². The van der Waals surface area contributed by atoms with Gasteiger partial charge in [-0.1, -0.05) is 64.5 Å². The maximum absolute atomic E-state index is 3.63. The Morgan fingerprint density at radius 1 is 0.941 bits per heavy atom. The van der Waals surface area contributed by atoms with Gasteiger partial charge in [-0.05, 0) is 23.6 Å². The van der Waals surface area contributed by atoms with Crippen molar-refractivity contribution in [2.45, 2.75) is 20.0 Å². The minimum atomic E-state index is 0.886. The molecular weight excluding hydrogens is 274 g/mol. The molecule has 2 rings (SSSR count). The smallest absolute Gasteiger partial charge is 0.0249 e. The van der Waals surface area contributed by atoms with Crippen LogP contribution in [0.1, 0.15) is 16.7 Å². The molecule has 0 unspecified atom stereocenters. The van der Waals surface area contributed by atoms with E-state index in [2.05, 4.69) is 70.6 Å². The highest BCUT2D eigenvalue weighted by atomic mass is 79.9. The van der Waals surface area contributed by atoms with Gasteiger partial charge < -0.3 is 5.32 Å². The van der Waals surface area contributed by atoms with Crippen LogP contribution in [0.25, 0.3) is 0 Å². The first kappa shape index (κ1) is 12.3. The molecule has 0 aliphatic carbocycles. The SMILES string of the molecule is Cc1cccc(CNCc2ccccc2)c1Br. The van der Waals surface area contributed by atoms with E-state index in [1.165, 1.54) is 21.2 Å². The van der Waals surface area contributed by atoms with Crippen LogP contribution in [0.3, 0.4) is 0 Å². The predicted molar refractivity (Wildman–Crippen MR) is 75.9 cm³/mol. The minimum Gasteiger partial charge on any atom is -0.309 e. The van der Waals surface area contributed by atoms with Gasteiger partial charge >= 0.3 is 0 Å². The van der Waals surface area contributed by atoms with Crippen LogP contribution < -0.4 is 5.32 Å². The third-order valence-electron chi connectivity index (χ3n) is 2.76. The van der Waals surface area contributed by atoms with Crippen molar-refractivity contribution in [3.8, 4) is 0 Å². The topological polar surface area (TPSA) is 12.0 Å². The highest BCUT2D eigenvalue weighted by Gasteiger charge is 2.01. The molecule has 17 heavy (non-hydrogen) atoms. The molecule has 2 aromatic rings. The first-order valence-electron chi connectivity index (χ1n) is 5.76. The number of rotatable bonds is 4. The normalized spacial score (nSPS) is 10.5. The van der Waals surface area contributed by atoms with E-state index in [0.29, 0.717) is 0 Å². The molecular formula is C15H16BrN. The molecule has 88 valence electrons. The van der Waals surface area contributed by atoms with E-state index in [9.17, 15) is 0 Å². The maximum atomic E-state index is 3.63. The van der Waals surface area contributed by atoms with Gasteiger partial charge in [0.15, 0.2) is 0 Å². The lowest BCUT2D eigenvalue weighted by Crippen LogP contribution is -2.13. The molecule has 0 amide bonds. The van der Waals surface area contributed by atoms with Crippen molar-refractivity contribution in [3.05, 3.63) is 69.7 Å². The number of aryl methyl sites for hydroxylation is 1. The molecule has 0 aliphatic rings. The Kier molecular flexibility index (Phi) is 4.35. The van der Waals surface area contributed by atoms with Crippen LogP contribution in [0.4, 0.5) is 0 Å². The Bertz CT molecular complexity index is 480. The number of hydrogen-bond acceptors (Lipinski definition) is 1. The molecule has 0 aromatic heterocycles. The summed E-state index contributed by atoms with van der Waals surface area (Å²) in [6.07, 6.45) is 0. The number of benzene rings is 2. The monoisotopic (exact) mass is 289 g/mol. The fourth-order valence-corrected chi connectivity index (χ4v) is 2.19. The molecule has 0 saturated heterocycles. The van der Waals surface area contributed by atoms with Crippen LogP contribution in [-0.2, 0) is 13.1 Å². The number of nitrogens with one attached hydrogen (secondary N) is 1. The molecule has 0 heterocycles. The Morgan fingerprint density at radius 2 is 1.71 bits per heavy atom. The van der Waals surface area contributed by atoms with E-state index in [1.807, 2.05) is 6.07 Å². The molecule has 0 aliphatic heterocycles.